The summed E-state index contributed by atoms with van der Waals surface area (Å²) < 4.78 is 26.8. The Morgan fingerprint density at radius 2 is 1.78 bits per heavy atom. The first-order valence-electron chi connectivity index (χ1n) is 8.72. The highest BCUT2D eigenvalue weighted by Gasteiger charge is 2.25. The van der Waals surface area contributed by atoms with Crippen LogP contribution < -0.4 is 5.32 Å². The molecule has 0 bridgehead atoms. The lowest BCUT2D eigenvalue weighted by molar-refractivity contribution is 0.0679. The molecule has 2 amide bonds. The second kappa shape index (κ2) is 8.48. The van der Waals surface area contributed by atoms with Crippen LogP contribution in [0.5, 0.6) is 0 Å². The van der Waals surface area contributed by atoms with E-state index in [9.17, 15) is 18.4 Å². The predicted octanol–water partition coefficient (Wildman–Crippen LogP) is 3.90. The topological polar surface area (TPSA) is 49.4 Å². The van der Waals surface area contributed by atoms with Gasteiger partial charge in [0.1, 0.15) is 11.6 Å². The summed E-state index contributed by atoms with van der Waals surface area (Å²) in [7, 11) is 0. The van der Waals surface area contributed by atoms with Crippen LogP contribution in [0.25, 0.3) is 0 Å². The molecule has 142 valence electrons. The largest absolute Gasteiger partial charge is 0.352 e. The van der Waals surface area contributed by atoms with Crippen LogP contribution in [0, 0.1) is 17.6 Å². The number of benzene rings is 2. The van der Waals surface area contributed by atoms with Crippen molar-refractivity contribution in [1.82, 2.24) is 10.2 Å². The first kappa shape index (κ1) is 19.3. The van der Waals surface area contributed by atoms with E-state index in [0.29, 0.717) is 32.5 Å². The molecule has 0 aliphatic carbocycles. The number of piperidine rings is 1. The Bertz CT molecular complexity index is 852. The molecule has 0 saturated carbocycles. The Balaban J connectivity index is 1.50. The van der Waals surface area contributed by atoms with Crippen LogP contribution >= 0.6 is 11.6 Å². The van der Waals surface area contributed by atoms with E-state index in [1.807, 2.05) is 0 Å². The van der Waals surface area contributed by atoms with Gasteiger partial charge in [0.2, 0.25) is 0 Å². The lowest BCUT2D eigenvalue weighted by atomic mass is 9.96. The van der Waals surface area contributed by atoms with Crippen LogP contribution in [0.3, 0.4) is 0 Å². The Morgan fingerprint density at radius 1 is 1.07 bits per heavy atom. The SMILES string of the molecule is O=C(NCC1CCN(C(=O)c2ccccc2F)CC1)c1ccc(F)cc1Cl. The van der Waals surface area contributed by atoms with E-state index in [0.717, 1.165) is 6.07 Å². The molecule has 2 aromatic rings. The fourth-order valence-electron chi connectivity index (χ4n) is 3.15. The van der Waals surface area contributed by atoms with Crippen molar-refractivity contribution < 1.29 is 18.4 Å². The third-order valence-corrected chi connectivity index (χ3v) is 5.05. The van der Waals surface area contributed by atoms with Gasteiger partial charge in [-0.25, -0.2) is 8.78 Å². The molecule has 0 unspecified atom stereocenters. The molecule has 4 nitrogen and oxygen atoms in total. The van der Waals surface area contributed by atoms with E-state index in [1.165, 1.54) is 24.3 Å². The summed E-state index contributed by atoms with van der Waals surface area (Å²) in [5.74, 6) is -1.48. The van der Waals surface area contributed by atoms with Crippen LogP contribution in [0.15, 0.2) is 42.5 Å². The number of carbonyl (C=O) groups is 2. The molecule has 27 heavy (non-hydrogen) atoms. The Labute approximate surface area is 161 Å². The minimum Gasteiger partial charge on any atom is -0.352 e. The van der Waals surface area contributed by atoms with Crippen molar-refractivity contribution in [3.8, 4) is 0 Å². The number of halogens is 3. The summed E-state index contributed by atoms with van der Waals surface area (Å²) in [4.78, 5) is 26.2. The Hall–Kier alpha value is -2.47. The summed E-state index contributed by atoms with van der Waals surface area (Å²) in [6, 6.07) is 9.58. The normalized spacial score (nSPS) is 14.9. The zero-order valence-corrected chi connectivity index (χ0v) is 15.3. The number of hydrogen-bond acceptors (Lipinski definition) is 2. The van der Waals surface area contributed by atoms with Gasteiger partial charge in [0.15, 0.2) is 0 Å². The summed E-state index contributed by atoms with van der Waals surface area (Å²) >= 11 is 5.90. The van der Waals surface area contributed by atoms with Gasteiger partial charge in [0.05, 0.1) is 16.1 Å². The maximum Gasteiger partial charge on any atom is 0.256 e. The zero-order valence-electron chi connectivity index (χ0n) is 14.6. The highest BCUT2D eigenvalue weighted by Crippen LogP contribution is 2.21. The summed E-state index contributed by atoms with van der Waals surface area (Å²) in [5, 5.41) is 2.87. The van der Waals surface area contributed by atoms with Gasteiger partial charge < -0.3 is 10.2 Å². The van der Waals surface area contributed by atoms with E-state index in [1.54, 1.807) is 17.0 Å². The monoisotopic (exact) mass is 392 g/mol. The number of rotatable bonds is 4. The summed E-state index contributed by atoms with van der Waals surface area (Å²) in [6.07, 6.45) is 1.41. The van der Waals surface area contributed by atoms with E-state index < -0.39 is 11.6 Å². The van der Waals surface area contributed by atoms with Crippen molar-refractivity contribution in [1.29, 1.82) is 0 Å². The molecule has 1 heterocycles. The quantitative estimate of drug-likeness (QED) is 0.857. The molecule has 0 atom stereocenters. The van der Waals surface area contributed by atoms with Crippen LogP contribution in [0.4, 0.5) is 8.78 Å². The smallest absolute Gasteiger partial charge is 0.256 e. The molecule has 0 aromatic heterocycles. The molecular weight excluding hydrogens is 374 g/mol. The summed E-state index contributed by atoms with van der Waals surface area (Å²) in [6.45, 7) is 1.45. The van der Waals surface area contributed by atoms with Crippen LogP contribution in [0.1, 0.15) is 33.6 Å². The second-order valence-electron chi connectivity index (χ2n) is 6.55. The van der Waals surface area contributed by atoms with Gasteiger partial charge in [-0.1, -0.05) is 23.7 Å². The number of hydrogen-bond donors (Lipinski definition) is 1. The Kier molecular flexibility index (Phi) is 6.06. The van der Waals surface area contributed by atoms with E-state index in [-0.39, 0.29) is 33.9 Å². The number of likely N-dealkylation sites (tertiary alicyclic amines) is 1. The minimum atomic E-state index is -0.520. The summed E-state index contributed by atoms with van der Waals surface area (Å²) in [5.41, 5.74) is 0.306. The van der Waals surface area contributed by atoms with Crippen LogP contribution in [-0.2, 0) is 0 Å². The highest BCUT2D eigenvalue weighted by atomic mass is 35.5. The predicted molar refractivity (Wildman–Crippen MR) is 98.8 cm³/mol. The van der Waals surface area contributed by atoms with Crippen LogP contribution in [0.2, 0.25) is 5.02 Å². The van der Waals surface area contributed by atoms with Gasteiger partial charge in [-0.15, -0.1) is 0 Å². The van der Waals surface area contributed by atoms with Gasteiger partial charge in [-0.3, -0.25) is 9.59 Å². The third-order valence-electron chi connectivity index (χ3n) is 4.73. The molecule has 1 N–H and O–H groups in total. The van der Waals surface area contributed by atoms with Gasteiger partial charge in [-0.05, 0) is 49.1 Å². The maximum absolute atomic E-state index is 13.8. The van der Waals surface area contributed by atoms with Gasteiger partial charge >= 0.3 is 0 Å². The number of nitrogens with zero attached hydrogens (tertiary/aromatic N) is 1. The molecular formula is C20H19ClF2N2O2. The van der Waals surface area contributed by atoms with Crippen molar-refractivity contribution in [2.45, 2.75) is 12.8 Å². The fraction of sp³-hybridized carbons (Fsp3) is 0.300. The molecule has 1 fully saturated rings. The standard InChI is InChI=1S/C20H19ClF2N2O2/c21-17-11-14(22)5-6-15(17)19(26)24-12-13-7-9-25(10-8-13)20(27)16-3-1-2-4-18(16)23/h1-6,11,13H,7-10,12H2,(H,24,26). The molecule has 7 heteroatoms. The Morgan fingerprint density at radius 3 is 2.44 bits per heavy atom. The lowest BCUT2D eigenvalue weighted by Crippen LogP contribution is -2.41. The van der Waals surface area contributed by atoms with Crippen molar-refractivity contribution in [2.75, 3.05) is 19.6 Å². The van der Waals surface area contributed by atoms with Gasteiger partial charge in [0.25, 0.3) is 11.8 Å². The van der Waals surface area contributed by atoms with Gasteiger partial charge in [0, 0.05) is 19.6 Å². The average Bonchev–Trinajstić information content (AvgIpc) is 2.66. The van der Waals surface area contributed by atoms with Crippen molar-refractivity contribution in [3.05, 3.63) is 70.2 Å². The molecule has 3 rings (SSSR count). The molecule has 2 aromatic carbocycles. The lowest BCUT2D eigenvalue weighted by Gasteiger charge is -2.32. The molecule has 0 spiro atoms. The number of carbonyl (C=O) groups excluding carboxylic acids is 2. The molecule has 0 radical (unpaired) electrons. The molecule has 1 aliphatic rings. The van der Waals surface area contributed by atoms with Crippen molar-refractivity contribution in [3.63, 3.8) is 0 Å². The first-order valence-corrected chi connectivity index (χ1v) is 9.10. The van der Waals surface area contributed by atoms with Crippen molar-refractivity contribution >= 4 is 23.4 Å². The van der Waals surface area contributed by atoms with Gasteiger partial charge in [-0.2, -0.15) is 0 Å². The van der Waals surface area contributed by atoms with Crippen LogP contribution in [-0.4, -0.2) is 36.3 Å². The molecule has 1 saturated heterocycles. The molecule has 1 aliphatic heterocycles. The first-order chi connectivity index (χ1) is 13.0. The van der Waals surface area contributed by atoms with E-state index in [2.05, 4.69) is 5.32 Å². The second-order valence-corrected chi connectivity index (χ2v) is 6.96. The zero-order chi connectivity index (χ0) is 19.4. The highest BCUT2D eigenvalue weighted by molar-refractivity contribution is 6.33. The minimum absolute atomic E-state index is 0.0674. The number of nitrogens with one attached hydrogen (secondary N) is 1. The number of amides is 2. The van der Waals surface area contributed by atoms with E-state index in [4.69, 9.17) is 11.6 Å². The van der Waals surface area contributed by atoms with E-state index >= 15 is 0 Å². The fourth-order valence-corrected chi connectivity index (χ4v) is 3.40. The average molecular weight is 393 g/mol. The maximum atomic E-state index is 13.8. The third kappa shape index (κ3) is 4.63. The van der Waals surface area contributed by atoms with Crippen molar-refractivity contribution in [2.24, 2.45) is 5.92 Å².